The molecule has 0 bridgehead atoms. The summed E-state index contributed by atoms with van der Waals surface area (Å²) in [6.45, 7) is 3.75. The van der Waals surface area contributed by atoms with E-state index < -0.39 is 0 Å². The third-order valence-corrected chi connectivity index (χ3v) is 5.04. The van der Waals surface area contributed by atoms with Gasteiger partial charge in [0.1, 0.15) is 0 Å². The van der Waals surface area contributed by atoms with Crippen LogP contribution in [0.2, 0.25) is 0 Å². The molecule has 1 amide bonds. The van der Waals surface area contributed by atoms with Gasteiger partial charge in [0.25, 0.3) is 0 Å². The number of hydrogen-bond acceptors (Lipinski definition) is 3. The first-order valence-corrected chi connectivity index (χ1v) is 7.96. The normalized spacial score (nSPS) is 27.1. The summed E-state index contributed by atoms with van der Waals surface area (Å²) in [6.07, 6.45) is 2.07. The second-order valence-corrected chi connectivity index (χ2v) is 6.61. The number of piperidine rings is 1. The first kappa shape index (κ1) is 13.9. The molecule has 5 heteroatoms. The van der Waals surface area contributed by atoms with Crippen molar-refractivity contribution in [2.24, 2.45) is 11.7 Å². The van der Waals surface area contributed by atoms with E-state index >= 15 is 0 Å². The number of carbonyl (C=O) groups is 1. The molecule has 0 aromatic heterocycles. The van der Waals surface area contributed by atoms with E-state index in [4.69, 9.17) is 5.73 Å². The van der Waals surface area contributed by atoms with Crippen LogP contribution in [0, 0.1) is 5.92 Å². The summed E-state index contributed by atoms with van der Waals surface area (Å²) < 4.78 is 1.06. The van der Waals surface area contributed by atoms with Gasteiger partial charge in [-0.15, -0.1) is 0 Å². The van der Waals surface area contributed by atoms with Crippen molar-refractivity contribution in [1.82, 2.24) is 5.32 Å². The Morgan fingerprint density at radius 3 is 3.00 bits per heavy atom. The molecule has 2 saturated heterocycles. The zero-order chi connectivity index (χ0) is 14.3. The molecule has 3 N–H and O–H groups in total. The maximum absolute atomic E-state index is 11.8. The highest BCUT2D eigenvalue weighted by Gasteiger charge is 2.41. The van der Waals surface area contributed by atoms with E-state index in [1.165, 1.54) is 5.69 Å². The van der Waals surface area contributed by atoms with Gasteiger partial charge in [0, 0.05) is 23.6 Å². The van der Waals surface area contributed by atoms with Crippen LogP contribution in [0.25, 0.3) is 0 Å². The minimum Gasteiger partial charge on any atom is -0.365 e. The summed E-state index contributed by atoms with van der Waals surface area (Å²) in [5.74, 6) is 0.354. The molecule has 0 spiro atoms. The number of nitrogens with zero attached hydrogens (tertiary/aromatic N) is 1. The lowest BCUT2D eigenvalue weighted by molar-refractivity contribution is -0.122. The van der Waals surface area contributed by atoms with Crippen LogP contribution in [0.4, 0.5) is 5.69 Å². The fraction of sp³-hybridized carbons (Fsp3) is 0.533. The zero-order valence-corrected chi connectivity index (χ0v) is 13.2. The molecule has 4 nitrogen and oxygen atoms in total. The highest BCUT2D eigenvalue weighted by Crippen LogP contribution is 2.36. The molecule has 20 heavy (non-hydrogen) atoms. The third-order valence-electron chi connectivity index (χ3n) is 4.41. The number of rotatable bonds is 2. The molecule has 3 rings (SSSR count). The van der Waals surface area contributed by atoms with Gasteiger partial charge in [-0.2, -0.15) is 0 Å². The van der Waals surface area contributed by atoms with Crippen LogP contribution in [0.3, 0.4) is 0 Å². The number of halogens is 1. The van der Waals surface area contributed by atoms with Gasteiger partial charge in [-0.05, 0) is 53.4 Å². The van der Waals surface area contributed by atoms with Crippen LogP contribution in [-0.2, 0) is 4.79 Å². The SMILES string of the molecule is C[C@H](N)c1ccc(N2CCCC3C(=O)NCC32)c(Br)c1. The molecule has 2 aliphatic heterocycles. The van der Waals surface area contributed by atoms with E-state index in [0.717, 1.165) is 36.0 Å². The van der Waals surface area contributed by atoms with Crippen molar-refractivity contribution in [1.29, 1.82) is 0 Å². The Morgan fingerprint density at radius 1 is 1.50 bits per heavy atom. The van der Waals surface area contributed by atoms with E-state index in [0.29, 0.717) is 0 Å². The lowest BCUT2D eigenvalue weighted by Crippen LogP contribution is -2.45. The van der Waals surface area contributed by atoms with E-state index in [2.05, 4.69) is 44.3 Å². The van der Waals surface area contributed by atoms with Gasteiger partial charge in [-0.1, -0.05) is 6.07 Å². The summed E-state index contributed by atoms with van der Waals surface area (Å²) >= 11 is 3.66. The Kier molecular flexibility index (Phi) is 3.73. The third kappa shape index (κ3) is 2.33. The fourth-order valence-corrected chi connectivity index (χ4v) is 3.91. The largest absolute Gasteiger partial charge is 0.365 e. The Bertz CT molecular complexity index is 532. The second-order valence-electron chi connectivity index (χ2n) is 5.75. The average Bonchev–Trinajstić information content (AvgIpc) is 2.81. The summed E-state index contributed by atoms with van der Waals surface area (Å²) in [5.41, 5.74) is 8.21. The molecule has 2 unspecified atom stereocenters. The summed E-state index contributed by atoms with van der Waals surface area (Å²) in [4.78, 5) is 14.2. The van der Waals surface area contributed by atoms with Crippen LogP contribution in [-0.4, -0.2) is 25.0 Å². The van der Waals surface area contributed by atoms with Gasteiger partial charge in [0.2, 0.25) is 5.91 Å². The van der Waals surface area contributed by atoms with Crippen molar-refractivity contribution in [3.63, 3.8) is 0 Å². The van der Waals surface area contributed by atoms with Crippen molar-refractivity contribution >= 4 is 27.5 Å². The van der Waals surface area contributed by atoms with Gasteiger partial charge in [-0.3, -0.25) is 4.79 Å². The lowest BCUT2D eigenvalue weighted by Gasteiger charge is -2.38. The highest BCUT2D eigenvalue weighted by molar-refractivity contribution is 9.10. The van der Waals surface area contributed by atoms with Crippen molar-refractivity contribution in [2.45, 2.75) is 31.8 Å². The van der Waals surface area contributed by atoms with E-state index in [-0.39, 0.29) is 23.9 Å². The molecule has 2 aliphatic rings. The molecule has 2 heterocycles. The van der Waals surface area contributed by atoms with Crippen LogP contribution in [0.5, 0.6) is 0 Å². The van der Waals surface area contributed by atoms with Crippen LogP contribution >= 0.6 is 15.9 Å². The minimum atomic E-state index is 0.0316. The molecule has 3 atom stereocenters. The molecule has 0 radical (unpaired) electrons. The van der Waals surface area contributed by atoms with Crippen LogP contribution < -0.4 is 16.0 Å². The van der Waals surface area contributed by atoms with Crippen molar-refractivity contribution in [3.8, 4) is 0 Å². The van der Waals surface area contributed by atoms with E-state index in [9.17, 15) is 4.79 Å². The molecule has 108 valence electrons. The first-order chi connectivity index (χ1) is 9.58. The van der Waals surface area contributed by atoms with Crippen molar-refractivity contribution in [2.75, 3.05) is 18.0 Å². The molecule has 0 aliphatic carbocycles. The summed E-state index contributed by atoms with van der Waals surface area (Å²) in [6, 6.07) is 6.61. The van der Waals surface area contributed by atoms with Crippen molar-refractivity contribution < 1.29 is 4.79 Å². The Hall–Kier alpha value is -1.07. The number of nitrogens with two attached hydrogens (primary N) is 1. The molecule has 1 aromatic carbocycles. The van der Waals surface area contributed by atoms with Crippen LogP contribution in [0.15, 0.2) is 22.7 Å². The van der Waals surface area contributed by atoms with E-state index in [1.807, 2.05) is 6.92 Å². The lowest BCUT2D eigenvalue weighted by atomic mass is 9.91. The maximum atomic E-state index is 11.8. The van der Waals surface area contributed by atoms with Gasteiger partial charge in [0.05, 0.1) is 17.6 Å². The number of amides is 1. The quantitative estimate of drug-likeness (QED) is 0.869. The number of benzene rings is 1. The predicted octanol–water partition coefficient (Wildman–Crippen LogP) is 2.18. The van der Waals surface area contributed by atoms with E-state index in [1.54, 1.807) is 0 Å². The number of nitrogens with one attached hydrogen (secondary N) is 1. The monoisotopic (exact) mass is 337 g/mol. The zero-order valence-electron chi connectivity index (χ0n) is 11.6. The molecular weight excluding hydrogens is 318 g/mol. The molecular formula is C15H20BrN3O. The summed E-state index contributed by atoms with van der Waals surface area (Å²) in [7, 11) is 0. The minimum absolute atomic E-state index is 0.0316. The molecule has 2 fully saturated rings. The Balaban J connectivity index is 1.90. The standard InChI is InChI=1S/C15H20BrN3O/c1-9(17)10-4-5-13(12(16)7-10)19-6-2-3-11-14(19)8-18-15(11)20/h4-5,7,9,11,14H,2-3,6,8,17H2,1H3,(H,18,20)/t9-,11?,14?/m0/s1. The number of hydrogen-bond donors (Lipinski definition) is 2. The van der Waals surface area contributed by atoms with Crippen LogP contribution in [0.1, 0.15) is 31.4 Å². The smallest absolute Gasteiger partial charge is 0.225 e. The molecule has 0 saturated carbocycles. The average molecular weight is 338 g/mol. The number of carbonyl (C=O) groups excluding carboxylic acids is 1. The fourth-order valence-electron chi connectivity index (χ4n) is 3.29. The predicted molar refractivity (Wildman–Crippen MR) is 83.6 cm³/mol. The van der Waals surface area contributed by atoms with Gasteiger partial charge in [0.15, 0.2) is 0 Å². The topological polar surface area (TPSA) is 58.4 Å². The van der Waals surface area contributed by atoms with Gasteiger partial charge in [-0.25, -0.2) is 0 Å². The first-order valence-electron chi connectivity index (χ1n) is 7.17. The van der Waals surface area contributed by atoms with Crippen molar-refractivity contribution in [3.05, 3.63) is 28.2 Å². The summed E-state index contributed by atoms with van der Waals surface area (Å²) in [5, 5.41) is 2.99. The number of anilines is 1. The van der Waals surface area contributed by atoms with Gasteiger partial charge < -0.3 is 16.0 Å². The second kappa shape index (κ2) is 5.37. The maximum Gasteiger partial charge on any atom is 0.225 e. The highest BCUT2D eigenvalue weighted by atomic mass is 79.9. The van der Waals surface area contributed by atoms with Gasteiger partial charge >= 0.3 is 0 Å². The molecule has 1 aromatic rings. The number of fused-ring (bicyclic) bond motifs is 1. The Labute approximate surface area is 127 Å². The Morgan fingerprint density at radius 2 is 2.30 bits per heavy atom.